The number of benzene rings is 2. The monoisotopic (exact) mass is 284 g/mol. The van der Waals surface area contributed by atoms with Gasteiger partial charge in [-0.3, -0.25) is 4.79 Å². The lowest BCUT2D eigenvalue weighted by molar-refractivity contribution is 0.0993. The molecule has 1 aliphatic rings. The van der Waals surface area contributed by atoms with Crippen molar-refractivity contribution in [2.75, 3.05) is 0 Å². The van der Waals surface area contributed by atoms with Gasteiger partial charge in [-0.2, -0.15) is 0 Å². The van der Waals surface area contributed by atoms with Gasteiger partial charge in [0.05, 0.1) is 0 Å². The molecule has 1 fully saturated rings. The molecule has 0 aromatic heterocycles. The van der Waals surface area contributed by atoms with Crippen molar-refractivity contribution in [2.45, 2.75) is 31.6 Å². The van der Waals surface area contributed by atoms with E-state index in [1.807, 2.05) is 36.4 Å². The molecule has 1 nitrogen and oxygen atoms in total. The number of Topliss-reactive ketones (excluding diaryl/α,β-unsaturated/α-hetero) is 1. The minimum absolute atomic E-state index is 0.160. The summed E-state index contributed by atoms with van der Waals surface area (Å²) in [5.41, 5.74) is 3.17. The van der Waals surface area contributed by atoms with E-state index in [2.05, 4.69) is 12.1 Å². The summed E-state index contributed by atoms with van der Waals surface area (Å²) in [6.45, 7) is 0. The third-order valence-corrected chi connectivity index (χ3v) is 4.34. The number of rotatable bonds is 4. The molecule has 102 valence electrons. The lowest BCUT2D eigenvalue weighted by Gasteiger charge is -2.25. The zero-order valence-electron chi connectivity index (χ0n) is 11.3. The molecule has 2 heteroatoms. The van der Waals surface area contributed by atoms with E-state index in [4.69, 9.17) is 11.6 Å². The van der Waals surface area contributed by atoms with Crippen LogP contribution in [0.1, 0.15) is 46.7 Å². The quantitative estimate of drug-likeness (QED) is 0.720. The second-order valence-electron chi connectivity index (χ2n) is 5.48. The molecule has 2 aromatic carbocycles. The Morgan fingerprint density at radius 3 is 2.20 bits per heavy atom. The molecule has 0 N–H and O–H groups in total. The molecule has 0 amide bonds. The maximum Gasteiger partial charge on any atom is 0.167 e. The highest BCUT2D eigenvalue weighted by molar-refractivity contribution is 6.30. The second-order valence-corrected chi connectivity index (χ2v) is 5.91. The summed E-state index contributed by atoms with van der Waals surface area (Å²) in [4.78, 5) is 12.2. The summed E-state index contributed by atoms with van der Waals surface area (Å²) in [7, 11) is 0. The van der Waals surface area contributed by atoms with E-state index in [0.29, 0.717) is 11.4 Å². The Labute approximate surface area is 124 Å². The summed E-state index contributed by atoms with van der Waals surface area (Å²) in [6, 6.07) is 15.6. The smallest absolute Gasteiger partial charge is 0.167 e. The van der Waals surface area contributed by atoms with E-state index in [1.165, 1.54) is 24.8 Å². The number of hydrogen-bond donors (Lipinski definition) is 0. The Balaban J connectivity index is 1.68. The molecule has 0 atom stereocenters. The van der Waals surface area contributed by atoms with Gasteiger partial charge in [0.1, 0.15) is 0 Å². The first kappa shape index (κ1) is 13.4. The van der Waals surface area contributed by atoms with Gasteiger partial charge in [-0.1, -0.05) is 54.4 Å². The van der Waals surface area contributed by atoms with Crippen molar-refractivity contribution in [3.8, 4) is 0 Å². The number of hydrogen-bond acceptors (Lipinski definition) is 1. The van der Waals surface area contributed by atoms with Gasteiger partial charge in [-0.25, -0.2) is 0 Å². The summed E-state index contributed by atoms with van der Waals surface area (Å²) >= 11 is 5.85. The highest BCUT2D eigenvalue weighted by Crippen LogP contribution is 2.36. The van der Waals surface area contributed by atoms with Gasteiger partial charge >= 0.3 is 0 Å². The lowest BCUT2D eigenvalue weighted by atomic mass is 9.80. The first-order chi connectivity index (χ1) is 9.72. The molecule has 0 heterocycles. The van der Waals surface area contributed by atoms with Crippen LogP contribution in [0, 0.1) is 0 Å². The van der Waals surface area contributed by atoms with E-state index in [-0.39, 0.29) is 5.78 Å². The second kappa shape index (κ2) is 5.80. The predicted molar refractivity (Wildman–Crippen MR) is 82.5 cm³/mol. The maximum atomic E-state index is 12.2. The Morgan fingerprint density at radius 1 is 1.00 bits per heavy atom. The van der Waals surface area contributed by atoms with Crippen molar-refractivity contribution >= 4 is 17.4 Å². The lowest BCUT2D eigenvalue weighted by Crippen LogP contribution is -2.09. The van der Waals surface area contributed by atoms with Gasteiger partial charge in [0.25, 0.3) is 0 Å². The molecule has 0 saturated heterocycles. The number of halogens is 1. The van der Waals surface area contributed by atoms with Crippen LogP contribution in [0.4, 0.5) is 0 Å². The van der Waals surface area contributed by atoms with Gasteiger partial charge in [0, 0.05) is 17.0 Å². The minimum atomic E-state index is 0.160. The Morgan fingerprint density at radius 2 is 1.65 bits per heavy atom. The van der Waals surface area contributed by atoms with Crippen LogP contribution in [0.2, 0.25) is 5.02 Å². The standard InChI is InChI=1S/C18H17ClO/c19-17-10-4-13(5-11-17)12-18(20)16-8-6-15(7-9-16)14-2-1-3-14/h4-11,14H,1-3,12H2. The molecular formula is C18H17ClO. The van der Waals surface area contributed by atoms with Crippen molar-refractivity contribution in [3.05, 3.63) is 70.2 Å². The van der Waals surface area contributed by atoms with Crippen LogP contribution in [-0.2, 0) is 6.42 Å². The largest absolute Gasteiger partial charge is 0.294 e. The molecule has 0 unspecified atom stereocenters. The first-order valence-corrected chi connectivity index (χ1v) is 7.48. The van der Waals surface area contributed by atoms with Gasteiger partial charge in [-0.15, -0.1) is 0 Å². The van der Waals surface area contributed by atoms with E-state index >= 15 is 0 Å². The van der Waals surface area contributed by atoms with Gasteiger partial charge in [0.2, 0.25) is 0 Å². The zero-order chi connectivity index (χ0) is 13.9. The van der Waals surface area contributed by atoms with Crippen molar-refractivity contribution in [1.82, 2.24) is 0 Å². The topological polar surface area (TPSA) is 17.1 Å². The predicted octanol–water partition coefficient (Wildman–Crippen LogP) is 5.03. The summed E-state index contributed by atoms with van der Waals surface area (Å²) in [6.07, 6.45) is 4.35. The Hall–Kier alpha value is -1.60. The molecule has 0 spiro atoms. The normalized spacial score (nSPS) is 14.8. The fraction of sp³-hybridized carbons (Fsp3) is 0.278. The van der Waals surface area contributed by atoms with E-state index in [1.54, 1.807) is 0 Å². The van der Waals surface area contributed by atoms with E-state index < -0.39 is 0 Å². The highest BCUT2D eigenvalue weighted by atomic mass is 35.5. The molecule has 1 aliphatic carbocycles. The molecule has 0 aliphatic heterocycles. The van der Waals surface area contributed by atoms with Gasteiger partial charge in [0.15, 0.2) is 5.78 Å². The van der Waals surface area contributed by atoms with Crippen LogP contribution in [0.25, 0.3) is 0 Å². The fourth-order valence-corrected chi connectivity index (χ4v) is 2.70. The van der Waals surface area contributed by atoms with Crippen molar-refractivity contribution in [1.29, 1.82) is 0 Å². The van der Waals surface area contributed by atoms with Crippen LogP contribution in [0.15, 0.2) is 48.5 Å². The average Bonchev–Trinajstić information content (AvgIpc) is 2.40. The van der Waals surface area contributed by atoms with Gasteiger partial charge < -0.3 is 0 Å². The average molecular weight is 285 g/mol. The fourth-order valence-electron chi connectivity index (χ4n) is 2.57. The van der Waals surface area contributed by atoms with Crippen molar-refractivity contribution in [3.63, 3.8) is 0 Å². The molecule has 0 radical (unpaired) electrons. The minimum Gasteiger partial charge on any atom is -0.294 e. The number of ketones is 1. The first-order valence-electron chi connectivity index (χ1n) is 7.10. The highest BCUT2D eigenvalue weighted by Gasteiger charge is 2.19. The molecule has 0 bridgehead atoms. The summed E-state index contributed by atoms with van der Waals surface area (Å²) in [5, 5.41) is 0.700. The van der Waals surface area contributed by atoms with Crippen LogP contribution < -0.4 is 0 Å². The van der Waals surface area contributed by atoms with Crippen molar-refractivity contribution < 1.29 is 4.79 Å². The zero-order valence-corrected chi connectivity index (χ0v) is 12.1. The third-order valence-electron chi connectivity index (χ3n) is 4.09. The molecule has 1 saturated carbocycles. The third kappa shape index (κ3) is 2.94. The van der Waals surface area contributed by atoms with Crippen molar-refractivity contribution in [2.24, 2.45) is 0 Å². The number of carbonyl (C=O) groups is 1. The summed E-state index contributed by atoms with van der Waals surface area (Å²) < 4.78 is 0. The molecular weight excluding hydrogens is 268 g/mol. The SMILES string of the molecule is O=C(Cc1ccc(Cl)cc1)c1ccc(C2CCC2)cc1. The number of carbonyl (C=O) groups excluding carboxylic acids is 1. The molecule has 2 aromatic rings. The molecule has 3 rings (SSSR count). The maximum absolute atomic E-state index is 12.2. The van der Waals surface area contributed by atoms with Crippen LogP contribution >= 0.6 is 11.6 Å². The summed E-state index contributed by atoms with van der Waals surface area (Å²) in [5.74, 6) is 0.878. The van der Waals surface area contributed by atoms with E-state index in [9.17, 15) is 4.79 Å². The molecule has 20 heavy (non-hydrogen) atoms. The Bertz CT molecular complexity index is 594. The Kier molecular flexibility index (Phi) is 3.88. The van der Waals surface area contributed by atoms with Gasteiger partial charge in [-0.05, 0) is 42.0 Å². The van der Waals surface area contributed by atoms with Crippen LogP contribution in [0.3, 0.4) is 0 Å². The van der Waals surface area contributed by atoms with Crippen LogP contribution in [0.5, 0.6) is 0 Å². The van der Waals surface area contributed by atoms with E-state index in [0.717, 1.165) is 17.0 Å². The van der Waals surface area contributed by atoms with Crippen LogP contribution in [-0.4, -0.2) is 5.78 Å².